The summed E-state index contributed by atoms with van der Waals surface area (Å²) in [7, 11) is 0. The number of aromatic amines is 2. The Hall–Kier alpha value is -4.40. The van der Waals surface area contributed by atoms with E-state index in [1.54, 1.807) is 0 Å². The van der Waals surface area contributed by atoms with Crippen LogP contribution in [0.3, 0.4) is 0 Å². The van der Waals surface area contributed by atoms with E-state index in [2.05, 4.69) is 40.1 Å². The van der Waals surface area contributed by atoms with Gasteiger partial charge in [-0.25, -0.2) is 9.79 Å². The van der Waals surface area contributed by atoms with Crippen molar-refractivity contribution in [2.45, 2.75) is 6.36 Å². The average Bonchev–Trinajstić information content (AvgIpc) is 3.27. The Labute approximate surface area is 180 Å². The molecule has 12 nitrogen and oxygen atoms in total. The van der Waals surface area contributed by atoms with E-state index in [4.69, 9.17) is 5.11 Å². The summed E-state index contributed by atoms with van der Waals surface area (Å²) in [6.07, 6.45) is -2.06. The predicted molar refractivity (Wildman–Crippen MR) is 107 cm³/mol. The van der Waals surface area contributed by atoms with E-state index < -0.39 is 23.7 Å². The molecule has 5 N–H and O–H groups in total. The number of aromatic nitrogens is 6. The Kier molecular flexibility index (Phi) is 5.70. The number of alkyl halides is 3. The van der Waals surface area contributed by atoms with Gasteiger partial charge in [0.1, 0.15) is 11.4 Å². The highest BCUT2D eigenvalue weighted by molar-refractivity contribution is 5.60. The van der Waals surface area contributed by atoms with E-state index in [0.29, 0.717) is 5.22 Å². The summed E-state index contributed by atoms with van der Waals surface area (Å²) in [5, 5.41) is 26.2. The highest BCUT2D eigenvalue weighted by Gasteiger charge is 2.31. The molecular weight excluding hydrogens is 449 g/mol. The third kappa shape index (κ3) is 5.09. The number of nitrogens with zero attached hydrogens (tertiary/aromatic N) is 5. The van der Waals surface area contributed by atoms with Crippen molar-refractivity contribution in [3.05, 3.63) is 57.5 Å². The van der Waals surface area contributed by atoms with Gasteiger partial charge in [0.05, 0.1) is 19.3 Å². The van der Waals surface area contributed by atoms with Crippen molar-refractivity contribution in [3.8, 4) is 11.6 Å². The first-order valence-corrected chi connectivity index (χ1v) is 9.25. The molecule has 0 spiro atoms. The lowest BCUT2D eigenvalue weighted by Crippen LogP contribution is -2.24. The van der Waals surface area contributed by atoms with Crippen LogP contribution in [0.25, 0.3) is 11.7 Å². The van der Waals surface area contributed by atoms with Gasteiger partial charge in [-0.05, 0) is 18.2 Å². The van der Waals surface area contributed by atoms with Crippen LogP contribution in [0.2, 0.25) is 0 Å². The number of ether oxygens (including phenoxy) is 1. The van der Waals surface area contributed by atoms with Gasteiger partial charge in [0.15, 0.2) is 5.65 Å². The Balaban J connectivity index is 1.80. The molecule has 0 saturated carbocycles. The van der Waals surface area contributed by atoms with Gasteiger partial charge < -0.3 is 25.3 Å². The molecule has 0 aliphatic rings. The average molecular weight is 464 g/mol. The Morgan fingerprint density at radius 1 is 1.27 bits per heavy atom. The number of hydrogen-bond donors (Lipinski definition) is 5. The van der Waals surface area contributed by atoms with Crippen LogP contribution in [-0.4, -0.2) is 59.3 Å². The number of hydrogen-bond acceptors (Lipinski definition) is 9. The Bertz CT molecular complexity index is 1470. The lowest BCUT2D eigenvalue weighted by molar-refractivity contribution is -0.274. The molecule has 0 aliphatic heterocycles. The van der Waals surface area contributed by atoms with Gasteiger partial charge in [-0.15, -0.1) is 13.2 Å². The summed E-state index contributed by atoms with van der Waals surface area (Å²) in [6, 6.07) is 5.08. The summed E-state index contributed by atoms with van der Waals surface area (Å²) in [5.74, 6) is -0.868. The molecule has 0 amide bonds. The van der Waals surface area contributed by atoms with Crippen molar-refractivity contribution in [3.63, 3.8) is 0 Å². The minimum Gasteiger partial charge on any atom is -0.493 e. The number of aliphatic hydroxyl groups is 1. The zero-order valence-electron chi connectivity index (χ0n) is 16.5. The first-order valence-electron chi connectivity index (χ1n) is 9.25. The molecule has 15 heteroatoms. The number of aromatic hydroxyl groups is 1. The van der Waals surface area contributed by atoms with Gasteiger partial charge in [0, 0.05) is 17.0 Å². The van der Waals surface area contributed by atoms with Crippen LogP contribution in [0, 0.1) is 0 Å². The first-order chi connectivity index (χ1) is 15.7. The molecule has 33 heavy (non-hydrogen) atoms. The molecule has 172 valence electrons. The molecule has 3 heterocycles. The summed E-state index contributed by atoms with van der Waals surface area (Å²) >= 11 is 0. The minimum atomic E-state index is -4.85. The molecule has 4 rings (SSSR count). The standard InChI is InChI=1S/C18H15F3N8O4/c19-18(20,21)33-11-3-1-2-10(7-11)24-15-26-13-9(6-12-14(31)27-17(32)25-12)8-23-29(13)16(28-15)22-4-5-30/h1-3,6-8,30-31H,4-5H2,(H,22,24,28)(H2,25,27,32). The van der Waals surface area contributed by atoms with Crippen LogP contribution in [-0.2, 0) is 0 Å². The van der Waals surface area contributed by atoms with E-state index in [0.717, 1.165) is 12.1 Å². The monoisotopic (exact) mass is 464 g/mol. The zero-order valence-corrected chi connectivity index (χ0v) is 16.5. The van der Waals surface area contributed by atoms with Crippen molar-refractivity contribution in [1.82, 2.24) is 29.5 Å². The van der Waals surface area contributed by atoms with Crippen LogP contribution in [0.15, 0.2) is 40.2 Å². The molecule has 0 unspecified atom stereocenters. The largest absolute Gasteiger partial charge is 0.573 e. The highest BCUT2D eigenvalue weighted by Crippen LogP contribution is 2.25. The van der Waals surface area contributed by atoms with Crippen molar-refractivity contribution in [2.24, 2.45) is 4.99 Å². The van der Waals surface area contributed by atoms with Crippen molar-refractivity contribution in [1.29, 1.82) is 0 Å². The highest BCUT2D eigenvalue weighted by atomic mass is 19.4. The van der Waals surface area contributed by atoms with Crippen LogP contribution in [0.4, 0.5) is 24.8 Å². The van der Waals surface area contributed by atoms with Gasteiger partial charge in [-0.3, -0.25) is 4.98 Å². The predicted octanol–water partition coefficient (Wildman–Crippen LogP) is -0.0708. The molecule has 1 aromatic carbocycles. The molecule has 0 bridgehead atoms. The smallest absolute Gasteiger partial charge is 0.493 e. The number of fused-ring (bicyclic) bond motifs is 1. The number of nitrogens with one attached hydrogen (secondary N) is 3. The summed E-state index contributed by atoms with van der Waals surface area (Å²) in [4.78, 5) is 28.6. The Morgan fingerprint density at radius 3 is 2.79 bits per heavy atom. The fraction of sp³-hybridized carbons (Fsp3) is 0.167. The fourth-order valence-corrected chi connectivity index (χ4v) is 2.84. The lowest BCUT2D eigenvalue weighted by Gasteiger charge is -2.10. The van der Waals surface area contributed by atoms with Gasteiger partial charge in [-0.2, -0.15) is 19.6 Å². The number of rotatable bonds is 6. The molecule has 0 fully saturated rings. The van der Waals surface area contributed by atoms with E-state index in [9.17, 15) is 23.1 Å². The molecular formula is C18H15F3N8O4. The van der Waals surface area contributed by atoms with Crippen LogP contribution in [0.5, 0.6) is 11.6 Å². The van der Waals surface area contributed by atoms with Crippen LogP contribution in [0.1, 0.15) is 5.69 Å². The van der Waals surface area contributed by atoms with Gasteiger partial charge in [0.2, 0.25) is 11.8 Å². The summed E-state index contributed by atoms with van der Waals surface area (Å²) in [5.41, 5.74) is -0.0912. The van der Waals surface area contributed by atoms with Gasteiger partial charge >= 0.3 is 12.1 Å². The lowest BCUT2D eigenvalue weighted by atomic mass is 10.3. The second-order valence-corrected chi connectivity index (χ2v) is 6.47. The van der Waals surface area contributed by atoms with Gasteiger partial charge in [-0.1, -0.05) is 6.07 Å². The van der Waals surface area contributed by atoms with Crippen LogP contribution < -0.4 is 26.6 Å². The quantitative estimate of drug-likeness (QED) is 0.264. The molecule has 4 aromatic rings. The topological polar surface area (TPSA) is 166 Å². The van der Waals surface area contributed by atoms with E-state index in [1.807, 2.05) is 0 Å². The molecule has 0 radical (unpaired) electrons. The first kappa shape index (κ1) is 21.8. The molecule has 3 aromatic heterocycles. The number of benzene rings is 1. The van der Waals surface area contributed by atoms with E-state index in [1.165, 1.54) is 28.9 Å². The SMILES string of the molecule is O=c1[nH]c(O)c(C=c2cnn3c(=NCCO)nc(Nc4cccc(OC(F)(F)F)c4)nc23)[nH]1. The number of anilines is 2. The van der Waals surface area contributed by atoms with Crippen molar-refractivity contribution >= 4 is 23.4 Å². The minimum absolute atomic E-state index is 0.00525. The fourth-order valence-electron chi connectivity index (χ4n) is 2.84. The third-order valence-electron chi connectivity index (χ3n) is 4.09. The maximum atomic E-state index is 12.5. The van der Waals surface area contributed by atoms with Crippen molar-refractivity contribution < 1.29 is 28.1 Å². The Morgan fingerprint density at radius 2 is 2.09 bits per heavy atom. The van der Waals surface area contributed by atoms with Gasteiger partial charge in [0.25, 0.3) is 5.62 Å². The number of halogens is 3. The van der Waals surface area contributed by atoms with E-state index >= 15 is 0 Å². The second kappa shape index (κ2) is 8.62. The molecule has 0 atom stereocenters. The number of imidazole rings is 1. The summed E-state index contributed by atoms with van der Waals surface area (Å²) in [6.45, 7) is -0.255. The molecule has 0 aliphatic carbocycles. The van der Waals surface area contributed by atoms with Crippen LogP contribution >= 0.6 is 0 Å². The summed E-state index contributed by atoms with van der Waals surface area (Å²) < 4.78 is 42.7. The zero-order chi connectivity index (χ0) is 23.6. The normalized spacial score (nSPS) is 13.1. The maximum Gasteiger partial charge on any atom is 0.573 e. The second-order valence-electron chi connectivity index (χ2n) is 6.47. The number of aliphatic hydroxyl groups excluding tert-OH is 1. The maximum absolute atomic E-state index is 12.5. The van der Waals surface area contributed by atoms with E-state index in [-0.39, 0.29) is 41.7 Å². The third-order valence-corrected chi connectivity index (χ3v) is 4.09. The number of H-pyrrole nitrogens is 2. The molecule has 0 saturated heterocycles. The van der Waals surface area contributed by atoms with Crippen molar-refractivity contribution in [2.75, 3.05) is 18.5 Å².